The van der Waals surface area contributed by atoms with Crippen LogP contribution >= 0.6 is 0 Å². The number of rotatable bonds is 6. The second kappa shape index (κ2) is 7.29. The van der Waals surface area contributed by atoms with Crippen molar-refractivity contribution in [1.82, 2.24) is 0 Å². The molecule has 0 spiro atoms. The molecule has 26 heavy (non-hydrogen) atoms. The lowest BCUT2D eigenvalue weighted by Gasteiger charge is -2.08. The highest BCUT2D eigenvalue weighted by Crippen LogP contribution is 2.22. The van der Waals surface area contributed by atoms with Crippen molar-refractivity contribution >= 4 is 32.7 Å². The first-order valence-corrected chi connectivity index (χ1v) is 9.90. The summed E-state index contributed by atoms with van der Waals surface area (Å²) in [6, 6.07) is 10.4. The molecule has 0 saturated carbocycles. The predicted molar refractivity (Wildman–Crippen MR) is 100 cm³/mol. The maximum atomic E-state index is 12.2. The Labute approximate surface area is 152 Å². The highest BCUT2D eigenvalue weighted by atomic mass is 32.2. The van der Waals surface area contributed by atoms with Crippen molar-refractivity contribution < 1.29 is 17.4 Å². The molecule has 6 nitrogen and oxygen atoms in total. The molecular weight excluding hydrogens is 352 g/mol. The quantitative estimate of drug-likeness (QED) is 0.350. The summed E-state index contributed by atoms with van der Waals surface area (Å²) in [5.41, 5.74) is 7.55. The summed E-state index contributed by atoms with van der Waals surface area (Å²) in [6.07, 6.45) is 4.74. The normalized spacial score (nSPS) is 14.2. The number of hydrogen-bond donors (Lipinski definition) is 2. The first-order chi connectivity index (χ1) is 12.3. The maximum absolute atomic E-state index is 12.2. The average molecular weight is 372 g/mol. The van der Waals surface area contributed by atoms with Gasteiger partial charge in [0.15, 0.2) is 0 Å². The number of nitrogens with two attached hydrogens (primary N) is 1. The van der Waals surface area contributed by atoms with Gasteiger partial charge in [-0.2, -0.15) is 8.42 Å². The van der Waals surface area contributed by atoms with Crippen molar-refractivity contribution in [1.29, 1.82) is 5.41 Å². The summed E-state index contributed by atoms with van der Waals surface area (Å²) in [6.45, 7) is 0. The molecule has 0 bridgehead atoms. The fourth-order valence-corrected chi connectivity index (χ4v) is 4.03. The first kappa shape index (κ1) is 18.1. The minimum atomic E-state index is -4.00. The highest BCUT2D eigenvalue weighted by molar-refractivity contribution is 7.86. The Bertz CT molecular complexity index is 1010. The second-order valence-corrected chi connectivity index (χ2v) is 7.97. The van der Waals surface area contributed by atoms with E-state index in [4.69, 9.17) is 15.3 Å². The van der Waals surface area contributed by atoms with Crippen LogP contribution in [0.3, 0.4) is 0 Å². The van der Waals surface area contributed by atoms with Crippen molar-refractivity contribution in [2.45, 2.75) is 31.4 Å². The van der Waals surface area contributed by atoms with Gasteiger partial charge in [0, 0.05) is 5.56 Å². The van der Waals surface area contributed by atoms with E-state index in [0.717, 1.165) is 35.6 Å². The molecule has 3 N–H and O–H groups in total. The number of allylic oxidation sites excluding steroid dienone is 1. The third-order valence-corrected chi connectivity index (χ3v) is 5.41. The predicted octanol–water partition coefficient (Wildman–Crippen LogP) is 3.00. The van der Waals surface area contributed by atoms with Gasteiger partial charge in [0.1, 0.15) is 11.6 Å². The summed E-state index contributed by atoms with van der Waals surface area (Å²) in [7, 11) is -4.00. The van der Waals surface area contributed by atoms with Crippen LogP contribution in [0.1, 0.15) is 36.8 Å². The van der Waals surface area contributed by atoms with Crippen LogP contribution in [-0.2, 0) is 24.8 Å². The monoisotopic (exact) mass is 372 g/mol. The second-order valence-electron chi connectivity index (χ2n) is 6.40. The number of hydrogen-bond acceptors (Lipinski definition) is 5. The van der Waals surface area contributed by atoms with E-state index < -0.39 is 16.1 Å². The van der Waals surface area contributed by atoms with Crippen LogP contribution in [0.25, 0.3) is 10.8 Å². The van der Waals surface area contributed by atoms with Crippen molar-refractivity contribution in [3.63, 3.8) is 0 Å². The van der Waals surface area contributed by atoms with Crippen LogP contribution in [0.4, 0.5) is 0 Å². The molecular formula is C19H20N2O4S. The molecule has 0 fully saturated rings. The minimum Gasteiger partial charge on any atom is -0.384 e. The van der Waals surface area contributed by atoms with Gasteiger partial charge in [-0.15, -0.1) is 0 Å². The van der Waals surface area contributed by atoms with Crippen molar-refractivity contribution in [2.75, 3.05) is 0 Å². The molecule has 1 aliphatic carbocycles. The summed E-state index contributed by atoms with van der Waals surface area (Å²) in [5, 5.41) is 9.14. The topological polar surface area (TPSA) is 110 Å². The number of carbonyl (C=O) groups is 1. The molecule has 0 saturated heterocycles. The first-order valence-electron chi connectivity index (χ1n) is 8.32. The van der Waals surface area contributed by atoms with Gasteiger partial charge in [0.05, 0.1) is 6.42 Å². The van der Waals surface area contributed by atoms with Crippen LogP contribution in [0.2, 0.25) is 0 Å². The zero-order valence-corrected chi connectivity index (χ0v) is 15.0. The third kappa shape index (κ3) is 4.49. The fraction of sp³-hybridized carbons (Fsp3) is 0.263. The summed E-state index contributed by atoms with van der Waals surface area (Å²) < 4.78 is 29.0. The highest BCUT2D eigenvalue weighted by Gasteiger charge is 2.20. The lowest BCUT2D eigenvalue weighted by molar-refractivity contribution is -0.133. The Balaban J connectivity index is 1.71. The average Bonchev–Trinajstić information content (AvgIpc) is 3.05. The zero-order chi connectivity index (χ0) is 18.7. The molecule has 0 heterocycles. The van der Waals surface area contributed by atoms with E-state index in [1.807, 2.05) is 6.08 Å². The van der Waals surface area contributed by atoms with E-state index in [0.29, 0.717) is 11.1 Å². The summed E-state index contributed by atoms with van der Waals surface area (Å²) in [4.78, 5) is 11.8. The lowest BCUT2D eigenvalue weighted by atomic mass is 10.0. The number of benzene rings is 2. The Morgan fingerprint density at radius 3 is 2.58 bits per heavy atom. The minimum absolute atomic E-state index is 0.0251. The largest absolute Gasteiger partial charge is 0.384 e. The van der Waals surface area contributed by atoms with Gasteiger partial charge < -0.3 is 9.92 Å². The van der Waals surface area contributed by atoms with Crippen LogP contribution in [-0.4, -0.2) is 20.2 Å². The van der Waals surface area contributed by atoms with E-state index in [1.54, 1.807) is 36.4 Å². The standard InChI is InChI=1S/C19H20N2O4S/c20-19(21)17-8-7-15-9-14(5-6-16(15)11-17)12-26(23,24)25-18(22)10-13-3-1-2-4-13/h3,5-9,11H,1-2,4,10,12H2,(H3,20,21). The molecule has 0 radical (unpaired) electrons. The van der Waals surface area contributed by atoms with Crippen LogP contribution in [0, 0.1) is 5.41 Å². The number of nitrogen functional groups attached to an aromatic ring is 1. The van der Waals surface area contributed by atoms with Gasteiger partial charge in [-0.05, 0) is 41.7 Å². The number of fused-ring (bicyclic) bond motifs is 1. The summed E-state index contributed by atoms with van der Waals surface area (Å²) >= 11 is 0. The van der Waals surface area contributed by atoms with E-state index in [-0.39, 0.29) is 18.0 Å². The van der Waals surface area contributed by atoms with E-state index in [2.05, 4.69) is 0 Å². The molecule has 0 atom stereocenters. The Morgan fingerprint density at radius 1 is 1.15 bits per heavy atom. The Hall–Kier alpha value is -2.67. The molecule has 0 amide bonds. The molecule has 3 rings (SSSR count). The van der Waals surface area contributed by atoms with Gasteiger partial charge in [0.25, 0.3) is 0 Å². The smallest absolute Gasteiger partial charge is 0.326 e. The molecule has 2 aromatic rings. The van der Waals surface area contributed by atoms with Crippen LogP contribution in [0.15, 0.2) is 48.0 Å². The molecule has 1 aliphatic rings. The zero-order valence-electron chi connectivity index (χ0n) is 14.2. The van der Waals surface area contributed by atoms with Gasteiger partial charge in [-0.3, -0.25) is 10.2 Å². The van der Waals surface area contributed by atoms with Gasteiger partial charge >= 0.3 is 16.1 Å². The van der Waals surface area contributed by atoms with E-state index in [9.17, 15) is 13.2 Å². The molecule has 0 unspecified atom stereocenters. The van der Waals surface area contributed by atoms with E-state index >= 15 is 0 Å². The SMILES string of the molecule is N=C(N)c1ccc2cc(CS(=O)(=O)OC(=O)CC3=CCCC3)ccc2c1. The molecule has 136 valence electrons. The lowest BCUT2D eigenvalue weighted by Crippen LogP contribution is -2.15. The van der Waals surface area contributed by atoms with E-state index in [1.165, 1.54) is 0 Å². The molecule has 7 heteroatoms. The van der Waals surface area contributed by atoms with Crippen molar-refractivity contribution in [3.8, 4) is 0 Å². The molecule has 2 aromatic carbocycles. The fourth-order valence-electron chi connectivity index (χ4n) is 3.04. The number of nitrogens with one attached hydrogen (secondary N) is 1. The number of carbonyl (C=O) groups excluding carboxylic acids is 1. The maximum Gasteiger partial charge on any atom is 0.326 e. The van der Waals surface area contributed by atoms with Crippen molar-refractivity contribution in [3.05, 3.63) is 59.2 Å². The van der Waals surface area contributed by atoms with Crippen molar-refractivity contribution in [2.24, 2.45) is 5.73 Å². The van der Waals surface area contributed by atoms with Crippen LogP contribution in [0.5, 0.6) is 0 Å². The molecule has 0 aliphatic heterocycles. The van der Waals surface area contributed by atoms with Gasteiger partial charge in [-0.1, -0.05) is 42.0 Å². The number of amidine groups is 1. The van der Waals surface area contributed by atoms with Gasteiger partial charge in [-0.25, -0.2) is 0 Å². The Morgan fingerprint density at radius 2 is 1.88 bits per heavy atom. The van der Waals surface area contributed by atoms with Crippen LogP contribution < -0.4 is 5.73 Å². The molecule has 0 aromatic heterocycles. The Kier molecular flexibility index (Phi) is 5.08. The third-order valence-electron chi connectivity index (χ3n) is 4.29. The van der Waals surface area contributed by atoms with Gasteiger partial charge in [0.2, 0.25) is 0 Å². The summed E-state index contributed by atoms with van der Waals surface area (Å²) in [5.74, 6) is -1.13.